The Morgan fingerprint density at radius 1 is 1.19 bits per heavy atom. The summed E-state index contributed by atoms with van der Waals surface area (Å²) in [5.74, 6) is -0.407. The molecule has 2 aromatic heterocycles. The summed E-state index contributed by atoms with van der Waals surface area (Å²) < 4.78 is 1.74. The number of hydrogen-bond donors (Lipinski definition) is 2. The second-order valence-corrected chi connectivity index (χ2v) is 9.59. The molecule has 164 valence electrons. The van der Waals surface area contributed by atoms with Gasteiger partial charge in [-0.1, -0.05) is 44.5 Å². The van der Waals surface area contributed by atoms with Gasteiger partial charge in [-0.05, 0) is 29.8 Å². The summed E-state index contributed by atoms with van der Waals surface area (Å²) >= 11 is 7.79. The average molecular weight is 468 g/mol. The Bertz CT molecular complexity index is 1290. The Labute approximate surface area is 194 Å². The maximum absolute atomic E-state index is 13.0. The maximum atomic E-state index is 13.0. The Morgan fingerprint density at radius 2 is 2.00 bits per heavy atom. The van der Waals surface area contributed by atoms with E-state index in [1.807, 2.05) is 44.4 Å². The molecule has 7 nitrogen and oxygen atoms in total. The average Bonchev–Trinajstić information content (AvgIpc) is 3.42. The van der Waals surface area contributed by atoms with Crippen LogP contribution in [0.3, 0.4) is 0 Å². The third-order valence-corrected chi connectivity index (χ3v) is 5.95. The molecule has 0 aliphatic carbocycles. The molecule has 2 amide bonds. The molecule has 0 fully saturated rings. The van der Waals surface area contributed by atoms with Gasteiger partial charge in [-0.3, -0.25) is 9.59 Å². The lowest BCUT2D eigenvalue weighted by molar-refractivity contribution is -0.128. The van der Waals surface area contributed by atoms with Crippen molar-refractivity contribution in [1.82, 2.24) is 20.1 Å². The van der Waals surface area contributed by atoms with Crippen LogP contribution in [-0.2, 0) is 11.3 Å². The zero-order valence-electron chi connectivity index (χ0n) is 17.8. The minimum absolute atomic E-state index is 0.0672. The van der Waals surface area contributed by atoms with E-state index in [-0.39, 0.29) is 11.8 Å². The summed E-state index contributed by atoms with van der Waals surface area (Å²) in [5, 5.41) is 14.0. The first kappa shape index (κ1) is 22.0. The fourth-order valence-corrected chi connectivity index (χ4v) is 3.94. The number of carbonyl (C=O) groups excluding carboxylic acids is 2. The first-order valence-electron chi connectivity index (χ1n) is 9.99. The smallest absolute Gasteiger partial charge is 0.257 e. The molecule has 0 bridgehead atoms. The highest BCUT2D eigenvalue weighted by atomic mass is 35.5. The van der Waals surface area contributed by atoms with Crippen LogP contribution in [0.5, 0.6) is 0 Å². The lowest BCUT2D eigenvalue weighted by Gasteiger charge is -2.18. The van der Waals surface area contributed by atoms with E-state index < -0.39 is 5.41 Å². The molecule has 0 aliphatic heterocycles. The van der Waals surface area contributed by atoms with Crippen molar-refractivity contribution in [1.29, 1.82) is 0 Å². The monoisotopic (exact) mass is 467 g/mol. The predicted molar refractivity (Wildman–Crippen MR) is 127 cm³/mol. The Kier molecular flexibility index (Phi) is 5.99. The summed E-state index contributed by atoms with van der Waals surface area (Å²) in [6, 6.07) is 10.7. The third kappa shape index (κ3) is 4.51. The number of benzene rings is 2. The Morgan fingerprint density at radius 3 is 2.72 bits per heavy atom. The van der Waals surface area contributed by atoms with Crippen molar-refractivity contribution in [3.63, 3.8) is 0 Å². The molecule has 32 heavy (non-hydrogen) atoms. The number of nitrogens with one attached hydrogen (secondary N) is 2. The Hall–Kier alpha value is -3.23. The second kappa shape index (κ2) is 8.72. The normalized spacial score (nSPS) is 11.5. The zero-order valence-corrected chi connectivity index (χ0v) is 19.4. The number of fused-ring (bicyclic) bond motifs is 1. The first-order chi connectivity index (χ1) is 15.2. The molecule has 2 aromatic carbocycles. The van der Waals surface area contributed by atoms with Gasteiger partial charge in [0.2, 0.25) is 11.0 Å². The van der Waals surface area contributed by atoms with E-state index in [1.54, 1.807) is 35.3 Å². The summed E-state index contributed by atoms with van der Waals surface area (Å²) in [6.07, 6.45) is 3.42. The van der Waals surface area contributed by atoms with Gasteiger partial charge in [-0.25, -0.2) is 9.67 Å². The van der Waals surface area contributed by atoms with Crippen LogP contribution in [0, 0.1) is 5.41 Å². The largest absolute Gasteiger partial charge is 0.352 e. The molecular formula is C23H22ClN5O2S. The molecule has 0 saturated carbocycles. The molecule has 0 atom stereocenters. The number of halogens is 1. The quantitative estimate of drug-likeness (QED) is 0.430. The van der Waals surface area contributed by atoms with Crippen LogP contribution in [0.1, 0.15) is 36.7 Å². The maximum Gasteiger partial charge on any atom is 0.257 e. The summed E-state index contributed by atoms with van der Waals surface area (Å²) in [5.41, 5.74) is 2.08. The number of rotatable bonds is 5. The number of carbonyl (C=O) groups is 2. The van der Waals surface area contributed by atoms with E-state index in [9.17, 15) is 9.59 Å². The lowest BCUT2D eigenvalue weighted by Crippen LogP contribution is -2.34. The fraction of sp³-hybridized carbons (Fsp3) is 0.217. The molecule has 2 N–H and O–H groups in total. The van der Waals surface area contributed by atoms with Crippen molar-refractivity contribution < 1.29 is 9.59 Å². The van der Waals surface area contributed by atoms with Crippen LogP contribution in [0.4, 0.5) is 5.69 Å². The Balaban J connectivity index is 1.57. The van der Waals surface area contributed by atoms with E-state index in [1.165, 1.54) is 11.3 Å². The first-order valence-corrected chi connectivity index (χ1v) is 11.2. The van der Waals surface area contributed by atoms with E-state index in [0.29, 0.717) is 22.8 Å². The van der Waals surface area contributed by atoms with Crippen LogP contribution in [0.2, 0.25) is 5.02 Å². The molecule has 2 heterocycles. The zero-order chi connectivity index (χ0) is 22.9. The van der Waals surface area contributed by atoms with E-state index >= 15 is 0 Å². The van der Waals surface area contributed by atoms with Crippen LogP contribution < -0.4 is 10.6 Å². The number of aromatic nitrogens is 3. The number of nitrogens with zero attached hydrogens (tertiary/aromatic N) is 3. The van der Waals surface area contributed by atoms with Gasteiger partial charge in [0.25, 0.3) is 5.91 Å². The van der Waals surface area contributed by atoms with Gasteiger partial charge in [0.1, 0.15) is 0 Å². The van der Waals surface area contributed by atoms with Gasteiger partial charge >= 0.3 is 0 Å². The second-order valence-electron chi connectivity index (χ2n) is 8.31. The van der Waals surface area contributed by atoms with Gasteiger partial charge in [0.05, 0.1) is 28.0 Å². The molecule has 0 aliphatic rings. The topological polar surface area (TPSA) is 88.9 Å². The number of thiazole rings is 1. The molecule has 9 heteroatoms. The number of amides is 2. The minimum Gasteiger partial charge on any atom is -0.352 e. The SMILES string of the molecule is CC(C)(C)C(=O)NCc1ccc(Cl)c(C(=O)Nc2cccc3c2cnn3-c2nccs2)c1. The molecule has 0 unspecified atom stereocenters. The van der Waals surface area contributed by atoms with Crippen molar-refractivity contribution in [3.05, 3.63) is 70.3 Å². The number of anilines is 1. The number of hydrogen-bond acceptors (Lipinski definition) is 5. The fourth-order valence-electron chi connectivity index (χ4n) is 3.13. The van der Waals surface area contributed by atoms with Crippen molar-refractivity contribution in [2.24, 2.45) is 5.41 Å². The summed E-state index contributed by atoms with van der Waals surface area (Å²) in [4.78, 5) is 29.5. The van der Waals surface area contributed by atoms with E-state index in [2.05, 4.69) is 20.7 Å². The standard InChI is InChI=1S/C23H22ClN5O2S/c1-23(2,3)21(31)26-12-14-7-8-17(24)15(11-14)20(30)28-18-5-4-6-19-16(18)13-27-29(19)22-25-9-10-32-22/h4-11,13H,12H2,1-3H3,(H,26,31)(H,28,30). The van der Waals surface area contributed by atoms with Crippen LogP contribution in [-0.4, -0.2) is 26.6 Å². The van der Waals surface area contributed by atoms with Gasteiger partial charge in [-0.15, -0.1) is 11.3 Å². The highest BCUT2D eigenvalue weighted by molar-refractivity contribution is 7.12. The van der Waals surface area contributed by atoms with Crippen molar-refractivity contribution in [2.75, 3.05) is 5.32 Å². The van der Waals surface area contributed by atoms with Crippen LogP contribution >= 0.6 is 22.9 Å². The van der Waals surface area contributed by atoms with Gasteiger partial charge in [0.15, 0.2) is 0 Å². The lowest BCUT2D eigenvalue weighted by atomic mass is 9.95. The van der Waals surface area contributed by atoms with Gasteiger partial charge in [-0.2, -0.15) is 5.10 Å². The molecular weight excluding hydrogens is 446 g/mol. The highest BCUT2D eigenvalue weighted by Crippen LogP contribution is 2.27. The van der Waals surface area contributed by atoms with E-state index in [0.717, 1.165) is 21.6 Å². The van der Waals surface area contributed by atoms with Gasteiger partial charge < -0.3 is 10.6 Å². The summed E-state index contributed by atoms with van der Waals surface area (Å²) in [6.45, 7) is 5.85. The highest BCUT2D eigenvalue weighted by Gasteiger charge is 2.21. The molecule has 0 spiro atoms. The predicted octanol–water partition coefficient (Wildman–Crippen LogP) is 5.05. The van der Waals surface area contributed by atoms with Gasteiger partial charge in [0, 0.05) is 28.9 Å². The third-order valence-electron chi connectivity index (χ3n) is 4.87. The van der Waals surface area contributed by atoms with Crippen molar-refractivity contribution in [2.45, 2.75) is 27.3 Å². The molecule has 4 aromatic rings. The van der Waals surface area contributed by atoms with Crippen molar-refractivity contribution in [3.8, 4) is 5.13 Å². The minimum atomic E-state index is -0.492. The van der Waals surface area contributed by atoms with Crippen molar-refractivity contribution >= 4 is 51.3 Å². The molecule has 0 saturated heterocycles. The van der Waals surface area contributed by atoms with Crippen LogP contribution in [0.15, 0.2) is 54.2 Å². The van der Waals surface area contributed by atoms with E-state index in [4.69, 9.17) is 11.6 Å². The summed E-state index contributed by atoms with van der Waals surface area (Å²) in [7, 11) is 0. The molecule has 4 rings (SSSR count). The molecule has 0 radical (unpaired) electrons. The van der Waals surface area contributed by atoms with Crippen LogP contribution in [0.25, 0.3) is 16.0 Å².